The lowest BCUT2D eigenvalue weighted by molar-refractivity contribution is -1.01. The molecule has 194 valence electrons. The number of ether oxygens (including phenoxy) is 3. The molecule has 5 heteroatoms. The molecule has 0 amide bonds. The molecule has 1 atom stereocenters. The van der Waals surface area contributed by atoms with Gasteiger partial charge in [-0.3, -0.25) is 4.48 Å². The molecule has 0 aromatic rings. The van der Waals surface area contributed by atoms with Crippen LogP contribution in [-0.2, 0) is 14.2 Å². The second-order valence-electron chi connectivity index (χ2n) is 9.96. The minimum Gasteiger partial charge on any atom is -0.369 e. The van der Waals surface area contributed by atoms with Crippen LogP contribution in [0, 0.1) is 0 Å². The minimum atomic E-state index is -0.710. The summed E-state index contributed by atoms with van der Waals surface area (Å²) in [5.41, 5.74) is 0. The van der Waals surface area contributed by atoms with E-state index in [2.05, 4.69) is 20.9 Å². The molecular formula is C27H60NO3Si+. The fraction of sp³-hybridized carbons (Fsp3) is 1.00. The topological polar surface area (TPSA) is 27.7 Å². The standard InChI is InChI=1S/C27H60NO3Si/c1-7-9-11-13-15-17-19-21-23-28(3,24-22-20-18-16-14-12-10-8-2)27(30-5,31-6)26(25-32)29-4/h26H,7-25H2,1-6,32H3/q+1. The van der Waals surface area contributed by atoms with E-state index in [0.717, 1.165) is 33.9 Å². The maximum atomic E-state index is 6.19. The predicted molar refractivity (Wildman–Crippen MR) is 143 cm³/mol. The quantitative estimate of drug-likeness (QED) is 0.0695. The van der Waals surface area contributed by atoms with Crippen molar-refractivity contribution in [3.05, 3.63) is 0 Å². The van der Waals surface area contributed by atoms with Crippen LogP contribution in [0.5, 0.6) is 0 Å². The Hall–Kier alpha value is 0.0569. The van der Waals surface area contributed by atoms with Crippen molar-refractivity contribution >= 4 is 10.2 Å². The Morgan fingerprint density at radius 2 is 0.969 bits per heavy atom. The van der Waals surface area contributed by atoms with Crippen LogP contribution in [-0.4, -0.2) is 68.2 Å². The van der Waals surface area contributed by atoms with Gasteiger partial charge < -0.3 is 14.2 Å². The van der Waals surface area contributed by atoms with Crippen LogP contribution in [0.1, 0.15) is 117 Å². The fourth-order valence-electron chi connectivity index (χ4n) is 5.32. The summed E-state index contributed by atoms with van der Waals surface area (Å²) < 4.78 is 19.1. The summed E-state index contributed by atoms with van der Waals surface area (Å²) in [6, 6.07) is 1.01. The van der Waals surface area contributed by atoms with Crippen LogP contribution in [0.15, 0.2) is 0 Å². The second kappa shape index (κ2) is 20.4. The van der Waals surface area contributed by atoms with Gasteiger partial charge in [-0.1, -0.05) is 90.9 Å². The SMILES string of the molecule is CCCCCCCCCC[N+](C)(CCCCCCCCCC)C(OC)(OC)C(C[SiH3])OC. The van der Waals surface area contributed by atoms with E-state index >= 15 is 0 Å². The molecule has 0 aromatic carbocycles. The van der Waals surface area contributed by atoms with Crippen molar-refractivity contribution in [1.82, 2.24) is 0 Å². The molecule has 0 spiro atoms. The van der Waals surface area contributed by atoms with Crippen molar-refractivity contribution in [1.29, 1.82) is 0 Å². The number of likely N-dealkylation sites (N-methyl/N-ethyl adjacent to an activating group) is 1. The number of methoxy groups -OCH3 is 3. The normalized spacial score (nSPS) is 13.7. The highest BCUT2D eigenvalue weighted by Crippen LogP contribution is 2.34. The Kier molecular flexibility index (Phi) is 20.5. The molecule has 0 aliphatic heterocycles. The molecule has 0 radical (unpaired) electrons. The maximum absolute atomic E-state index is 6.19. The van der Waals surface area contributed by atoms with Gasteiger partial charge in [0.15, 0.2) is 6.10 Å². The van der Waals surface area contributed by atoms with E-state index in [1.165, 1.54) is 103 Å². The summed E-state index contributed by atoms with van der Waals surface area (Å²) in [6.45, 7) is 6.76. The number of hydrogen-bond acceptors (Lipinski definition) is 3. The minimum absolute atomic E-state index is 0.0164. The van der Waals surface area contributed by atoms with Crippen LogP contribution < -0.4 is 0 Å². The molecule has 4 nitrogen and oxygen atoms in total. The summed E-state index contributed by atoms with van der Waals surface area (Å²) in [5.74, 6) is -0.710. The van der Waals surface area contributed by atoms with Gasteiger partial charge in [0, 0.05) is 31.6 Å². The Labute approximate surface area is 205 Å². The van der Waals surface area contributed by atoms with Crippen LogP contribution >= 0.6 is 0 Å². The highest BCUT2D eigenvalue weighted by Gasteiger charge is 2.55. The third kappa shape index (κ3) is 11.5. The van der Waals surface area contributed by atoms with E-state index in [9.17, 15) is 0 Å². The van der Waals surface area contributed by atoms with Crippen molar-refractivity contribution in [3.8, 4) is 0 Å². The summed E-state index contributed by atoms with van der Waals surface area (Å²) in [5, 5.41) is 0. The van der Waals surface area contributed by atoms with Crippen molar-refractivity contribution in [2.75, 3.05) is 41.5 Å². The fourth-order valence-corrected chi connectivity index (χ4v) is 6.17. The van der Waals surface area contributed by atoms with Gasteiger partial charge in [0.1, 0.15) is 0 Å². The van der Waals surface area contributed by atoms with Crippen molar-refractivity contribution in [2.24, 2.45) is 0 Å². The number of unbranched alkanes of at least 4 members (excludes halogenated alkanes) is 14. The third-order valence-electron chi connectivity index (χ3n) is 7.41. The highest BCUT2D eigenvalue weighted by molar-refractivity contribution is 6.08. The molecule has 0 heterocycles. The zero-order chi connectivity index (χ0) is 24.1. The van der Waals surface area contributed by atoms with Crippen molar-refractivity contribution in [2.45, 2.75) is 135 Å². The van der Waals surface area contributed by atoms with E-state index in [1.807, 2.05) is 21.3 Å². The summed E-state index contributed by atoms with van der Waals surface area (Å²) >= 11 is 0. The Balaban J connectivity index is 4.88. The lowest BCUT2D eigenvalue weighted by Gasteiger charge is -2.50. The molecule has 0 rings (SSSR count). The van der Waals surface area contributed by atoms with Gasteiger partial charge >= 0.3 is 5.91 Å². The zero-order valence-electron chi connectivity index (χ0n) is 23.2. The van der Waals surface area contributed by atoms with Gasteiger partial charge in [-0.05, 0) is 31.7 Å². The molecule has 32 heavy (non-hydrogen) atoms. The lowest BCUT2D eigenvalue weighted by Crippen LogP contribution is -2.70. The van der Waals surface area contributed by atoms with Crippen LogP contribution in [0.4, 0.5) is 0 Å². The predicted octanol–water partition coefficient (Wildman–Crippen LogP) is 6.46. The molecular weight excluding hydrogens is 414 g/mol. The van der Waals surface area contributed by atoms with E-state index in [-0.39, 0.29) is 6.10 Å². The van der Waals surface area contributed by atoms with Crippen LogP contribution in [0.2, 0.25) is 6.04 Å². The number of rotatable bonds is 24. The Bertz CT molecular complexity index is 380. The van der Waals surface area contributed by atoms with Crippen LogP contribution in [0.25, 0.3) is 0 Å². The van der Waals surface area contributed by atoms with E-state index in [4.69, 9.17) is 14.2 Å². The molecule has 0 aliphatic rings. The first-order valence-electron chi connectivity index (χ1n) is 14.0. The average Bonchev–Trinajstić information content (AvgIpc) is 2.81. The van der Waals surface area contributed by atoms with Crippen LogP contribution in [0.3, 0.4) is 0 Å². The Morgan fingerprint density at radius 1 is 0.625 bits per heavy atom. The number of hydrogen-bond donors (Lipinski definition) is 0. The zero-order valence-corrected chi connectivity index (χ0v) is 25.2. The molecule has 1 unspecified atom stereocenters. The van der Waals surface area contributed by atoms with E-state index in [0.29, 0.717) is 0 Å². The average molecular weight is 475 g/mol. The van der Waals surface area contributed by atoms with Gasteiger partial charge in [0.2, 0.25) is 0 Å². The lowest BCUT2D eigenvalue weighted by atomic mass is 10.0. The maximum Gasteiger partial charge on any atom is 0.345 e. The first-order chi connectivity index (χ1) is 15.5. The van der Waals surface area contributed by atoms with Gasteiger partial charge in [0.25, 0.3) is 0 Å². The van der Waals surface area contributed by atoms with Gasteiger partial charge in [-0.25, -0.2) is 0 Å². The summed E-state index contributed by atoms with van der Waals surface area (Å²) in [4.78, 5) is 0. The second-order valence-corrected chi connectivity index (χ2v) is 10.8. The molecule has 0 N–H and O–H groups in total. The van der Waals surface area contributed by atoms with E-state index < -0.39 is 5.91 Å². The summed E-state index contributed by atoms with van der Waals surface area (Å²) in [7, 11) is 8.85. The molecule has 0 bridgehead atoms. The van der Waals surface area contributed by atoms with Crippen molar-refractivity contribution < 1.29 is 18.7 Å². The molecule has 0 saturated heterocycles. The molecule has 0 saturated carbocycles. The summed E-state index contributed by atoms with van der Waals surface area (Å²) in [6.07, 6.45) is 21.5. The largest absolute Gasteiger partial charge is 0.369 e. The van der Waals surface area contributed by atoms with Crippen molar-refractivity contribution in [3.63, 3.8) is 0 Å². The number of quaternary nitrogens is 1. The molecule has 0 fully saturated rings. The third-order valence-corrected chi connectivity index (χ3v) is 8.15. The van der Waals surface area contributed by atoms with Gasteiger partial charge in [-0.2, -0.15) is 0 Å². The number of nitrogens with zero attached hydrogens (tertiary/aromatic N) is 1. The first kappa shape index (κ1) is 32.1. The smallest absolute Gasteiger partial charge is 0.345 e. The molecule has 0 aliphatic carbocycles. The Morgan fingerprint density at radius 3 is 1.25 bits per heavy atom. The first-order valence-corrected chi connectivity index (χ1v) is 15.4. The monoisotopic (exact) mass is 474 g/mol. The van der Waals surface area contributed by atoms with E-state index in [1.54, 1.807) is 0 Å². The highest BCUT2D eigenvalue weighted by atomic mass is 28.1. The van der Waals surface area contributed by atoms with Gasteiger partial charge in [0.05, 0.1) is 20.1 Å². The van der Waals surface area contributed by atoms with Gasteiger partial charge in [-0.15, -0.1) is 0 Å². The molecule has 0 aromatic heterocycles.